The van der Waals surface area contributed by atoms with Gasteiger partial charge in [-0.3, -0.25) is 23.4 Å². The van der Waals surface area contributed by atoms with Crippen LogP contribution in [0.4, 0.5) is 5.82 Å². The number of unbranched alkanes of at least 4 members (excludes halogenated alkanes) is 3. The van der Waals surface area contributed by atoms with Crippen LogP contribution in [0.25, 0.3) is 11.7 Å². The summed E-state index contributed by atoms with van der Waals surface area (Å²) in [5.41, 5.74) is 4.02. The van der Waals surface area contributed by atoms with E-state index in [-0.39, 0.29) is 5.91 Å². The highest BCUT2D eigenvalue weighted by molar-refractivity contribution is 7.84. The molecule has 10 heteroatoms. The second kappa shape index (κ2) is 13.6. The lowest BCUT2D eigenvalue weighted by Gasteiger charge is -2.09. The first-order valence-corrected chi connectivity index (χ1v) is 12.6. The van der Waals surface area contributed by atoms with Crippen LogP contribution >= 0.6 is 0 Å². The van der Waals surface area contributed by atoms with Crippen LogP contribution in [0, 0.1) is 0 Å². The quantitative estimate of drug-likeness (QED) is 0.147. The van der Waals surface area contributed by atoms with Crippen molar-refractivity contribution < 1.29 is 19.0 Å². The second-order valence-electron chi connectivity index (χ2n) is 7.52. The number of anilines is 1. The fourth-order valence-electron chi connectivity index (χ4n) is 3.22. The zero-order valence-corrected chi connectivity index (χ0v) is 19.5. The van der Waals surface area contributed by atoms with Crippen molar-refractivity contribution >= 4 is 40.2 Å². The van der Waals surface area contributed by atoms with Gasteiger partial charge in [-0.15, -0.1) is 0 Å². The van der Waals surface area contributed by atoms with Gasteiger partial charge in [0.25, 0.3) is 5.91 Å². The summed E-state index contributed by atoms with van der Waals surface area (Å²) >= 11 is 0. The van der Waals surface area contributed by atoms with Gasteiger partial charge in [-0.2, -0.15) is 0 Å². The van der Waals surface area contributed by atoms with E-state index in [2.05, 4.69) is 17.6 Å². The number of hydroxylamine groups is 1. The summed E-state index contributed by atoms with van der Waals surface area (Å²) in [7, 11) is -0.924. The maximum Gasteiger partial charge on any atom is 0.267 e. The molecule has 0 spiro atoms. The summed E-state index contributed by atoms with van der Waals surface area (Å²) < 4.78 is 13.0. The number of fused-ring (bicyclic) bond motifs is 1. The molecule has 1 atom stereocenters. The van der Waals surface area contributed by atoms with Gasteiger partial charge >= 0.3 is 0 Å². The molecular weight excluding hydrogens is 430 g/mol. The number of amides is 2. The number of carbonyl (C=O) groups is 2. The Morgan fingerprint density at radius 3 is 2.78 bits per heavy atom. The number of carbonyl (C=O) groups excluding carboxylic acids is 2. The topological polar surface area (TPSA) is 125 Å². The average molecular weight is 464 g/mol. The highest BCUT2D eigenvalue weighted by atomic mass is 32.2. The Hall–Kier alpha value is -2.72. The number of nitrogens with one attached hydrogen (secondary N) is 3. The van der Waals surface area contributed by atoms with Crippen LogP contribution in [0.5, 0.6) is 0 Å². The predicted molar refractivity (Wildman–Crippen MR) is 127 cm³/mol. The lowest BCUT2D eigenvalue weighted by molar-refractivity contribution is -0.124. The lowest BCUT2D eigenvalue weighted by Crippen LogP contribution is -2.29. The molecule has 0 saturated heterocycles. The average Bonchev–Trinajstić information content (AvgIpc) is 3.11. The number of rotatable bonds is 14. The fraction of sp³-hybridized carbons (Fsp3) is 0.500. The molecule has 0 aromatic carbocycles. The molecule has 176 valence electrons. The molecule has 4 N–H and O–H groups in total. The SMILES string of the molecule is CCCCCCc1nc2cc(C=CC(=O)NO)ccn2c1NCCC(=O)NCCS(C)=O. The summed E-state index contributed by atoms with van der Waals surface area (Å²) in [5, 5.41) is 14.7. The van der Waals surface area contributed by atoms with E-state index in [0.717, 1.165) is 48.4 Å². The summed E-state index contributed by atoms with van der Waals surface area (Å²) in [6.45, 7) is 3.03. The number of aromatic nitrogens is 2. The normalized spacial score (nSPS) is 12.2. The summed E-state index contributed by atoms with van der Waals surface area (Å²) in [4.78, 5) is 28.0. The standard InChI is InChI=1S/C22H33N5O4S/c1-3-4-5-6-7-18-22(24-12-10-20(28)23-13-15-32(2)31)27-14-11-17(16-19(27)25-18)8-9-21(29)26-30/h8-9,11,14,16,24,30H,3-7,10,12-13,15H2,1-2H3,(H,23,28)(H,26,29). The van der Waals surface area contributed by atoms with E-state index in [0.29, 0.717) is 25.3 Å². The predicted octanol–water partition coefficient (Wildman–Crippen LogP) is 2.27. The molecule has 0 fully saturated rings. The Kier molecular flexibility index (Phi) is 10.9. The van der Waals surface area contributed by atoms with E-state index in [9.17, 15) is 13.8 Å². The van der Waals surface area contributed by atoms with Crippen LogP contribution in [0.15, 0.2) is 24.4 Å². The maximum absolute atomic E-state index is 12.0. The van der Waals surface area contributed by atoms with Crippen LogP contribution in [0.2, 0.25) is 0 Å². The zero-order chi connectivity index (χ0) is 23.3. The molecule has 0 radical (unpaired) electrons. The molecule has 0 saturated carbocycles. The molecule has 2 aromatic rings. The Labute approximate surface area is 191 Å². The lowest BCUT2D eigenvalue weighted by atomic mass is 10.1. The van der Waals surface area contributed by atoms with Crippen molar-refractivity contribution in [2.24, 2.45) is 0 Å². The van der Waals surface area contributed by atoms with Crippen molar-refractivity contribution in [1.29, 1.82) is 0 Å². The van der Waals surface area contributed by atoms with Crippen LogP contribution in [0.1, 0.15) is 50.3 Å². The third kappa shape index (κ3) is 8.43. The van der Waals surface area contributed by atoms with Crippen LogP contribution < -0.4 is 16.1 Å². The van der Waals surface area contributed by atoms with Gasteiger partial charge in [-0.1, -0.05) is 26.2 Å². The zero-order valence-electron chi connectivity index (χ0n) is 18.7. The maximum atomic E-state index is 12.0. The Balaban J connectivity index is 2.10. The van der Waals surface area contributed by atoms with Gasteiger partial charge in [0.15, 0.2) is 0 Å². The third-order valence-corrected chi connectivity index (χ3v) is 5.66. The number of hydrogen-bond donors (Lipinski definition) is 4. The molecule has 2 aromatic heterocycles. The van der Waals surface area contributed by atoms with Gasteiger partial charge in [0.1, 0.15) is 11.5 Å². The van der Waals surface area contributed by atoms with E-state index in [1.54, 1.807) is 17.8 Å². The first kappa shape index (κ1) is 25.5. The molecule has 0 aliphatic carbocycles. The highest BCUT2D eigenvalue weighted by Gasteiger charge is 2.13. The minimum Gasteiger partial charge on any atom is -0.369 e. The van der Waals surface area contributed by atoms with E-state index in [4.69, 9.17) is 10.2 Å². The largest absolute Gasteiger partial charge is 0.369 e. The first-order chi connectivity index (χ1) is 15.4. The van der Waals surface area contributed by atoms with Crippen molar-refractivity contribution in [3.63, 3.8) is 0 Å². The first-order valence-electron chi connectivity index (χ1n) is 10.9. The molecule has 32 heavy (non-hydrogen) atoms. The molecule has 0 aliphatic rings. The summed E-state index contributed by atoms with van der Waals surface area (Å²) in [6, 6.07) is 3.71. The summed E-state index contributed by atoms with van der Waals surface area (Å²) in [6.07, 6.45) is 12.0. The van der Waals surface area contributed by atoms with Gasteiger partial charge < -0.3 is 10.6 Å². The third-order valence-electron chi connectivity index (χ3n) is 4.88. The monoisotopic (exact) mass is 463 g/mol. The smallest absolute Gasteiger partial charge is 0.267 e. The Morgan fingerprint density at radius 1 is 1.25 bits per heavy atom. The van der Waals surface area contributed by atoms with Crippen molar-refractivity contribution in [3.05, 3.63) is 35.7 Å². The van der Waals surface area contributed by atoms with Crippen molar-refractivity contribution in [1.82, 2.24) is 20.2 Å². The number of nitrogens with zero attached hydrogens (tertiary/aromatic N) is 2. The van der Waals surface area contributed by atoms with Gasteiger partial charge in [-0.25, -0.2) is 10.5 Å². The van der Waals surface area contributed by atoms with Crippen LogP contribution in [-0.4, -0.2) is 55.7 Å². The van der Waals surface area contributed by atoms with Crippen LogP contribution in [-0.2, 0) is 26.8 Å². The van der Waals surface area contributed by atoms with Gasteiger partial charge in [0.05, 0.1) is 5.69 Å². The van der Waals surface area contributed by atoms with Gasteiger partial charge in [0, 0.05) is 54.6 Å². The molecule has 0 aliphatic heterocycles. The summed E-state index contributed by atoms with van der Waals surface area (Å²) in [5.74, 6) is 0.625. The van der Waals surface area contributed by atoms with Crippen LogP contribution in [0.3, 0.4) is 0 Å². The van der Waals surface area contributed by atoms with Gasteiger partial charge in [-0.05, 0) is 36.6 Å². The number of imidazole rings is 1. The highest BCUT2D eigenvalue weighted by Crippen LogP contribution is 2.22. The molecule has 1 unspecified atom stereocenters. The molecular formula is C22H33N5O4S. The Bertz CT molecular complexity index is 957. The molecule has 2 amide bonds. The molecule has 2 heterocycles. The van der Waals surface area contributed by atoms with E-state index in [1.165, 1.54) is 12.5 Å². The van der Waals surface area contributed by atoms with Gasteiger partial charge in [0.2, 0.25) is 5.91 Å². The minimum atomic E-state index is -0.924. The van der Waals surface area contributed by atoms with Crippen molar-refractivity contribution in [2.75, 3.05) is 30.4 Å². The minimum absolute atomic E-state index is 0.0872. The number of pyridine rings is 1. The molecule has 9 nitrogen and oxygen atoms in total. The second-order valence-corrected chi connectivity index (χ2v) is 9.07. The van der Waals surface area contributed by atoms with Crippen molar-refractivity contribution in [3.8, 4) is 0 Å². The van der Waals surface area contributed by atoms with E-state index < -0.39 is 16.7 Å². The fourth-order valence-corrected chi connectivity index (χ4v) is 3.61. The van der Waals surface area contributed by atoms with E-state index >= 15 is 0 Å². The van der Waals surface area contributed by atoms with Crippen molar-refractivity contribution in [2.45, 2.75) is 45.4 Å². The number of hydrogen-bond acceptors (Lipinski definition) is 6. The molecule has 0 bridgehead atoms. The van der Waals surface area contributed by atoms with E-state index in [1.807, 2.05) is 22.7 Å². The number of aryl methyl sites for hydroxylation is 1. The molecule has 2 rings (SSSR count). The Morgan fingerprint density at radius 2 is 2.06 bits per heavy atom.